The van der Waals surface area contributed by atoms with Crippen LogP contribution in [0.1, 0.15) is 6.42 Å². The highest BCUT2D eigenvalue weighted by Crippen LogP contribution is 2.28. The molecule has 1 aromatic rings. The van der Waals surface area contributed by atoms with E-state index < -0.39 is 10.0 Å². The molecular weight excluding hydrogens is 316 g/mol. The zero-order valence-electron chi connectivity index (χ0n) is 12.1. The van der Waals surface area contributed by atoms with Crippen LogP contribution in [0.15, 0.2) is 23.1 Å². The number of benzene rings is 1. The van der Waals surface area contributed by atoms with Crippen LogP contribution in [0.25, 0.3) is 0 Å². The number of nitrogens with one attached hydrogen (secondary N) is 2. The molecule has 1 unspecified atom stereocenters. The van der Waals surface area contributed by atoms with Crippen LogP contribution in [0.2, 0.25) is 0 Å². The van der Waals surface area contributed by atoms with Crippen molar-refractivity contribution in [3.8, 4) is 11.5 Å². The zero-order chi connectivity index (χ0) is 14.6. The fraction of sp³-hybridized carbons (Fsp3) is 0.538. The van der Waals surface area contributed by atoms with E-state index in [1.165, 1.54) is 20.3 Å². The lowest BCUT2D eigenvalue weighted by Gasteiger charge is -2.14. The average molecular weight is 337 g/mol. The highest BCUT2D eigenvalue weighted by atomic mass is 35.5. The number of sulfonamides is 1. The number of rotatable bonds is 6. The highest BCUT2D eigenvalue weighted by molar-refractivity contribution is 7.89. The van der Waals surface area contributed by atoms with Crippen LogP contribution >= 0.6 is 12.4 Å². The quantitative estimate of drug-likeness (QED) is 0.811. The Hall–Kier alpha value is -1.02. The van der Waals surface area contributed by atoms with Crippen molar-refractivity contribution in [3.63, 3.8) is 0 Å². The molecule has 1 aliphatic rings. The van der Waals surface area contributed by atoms with Crippen LogP contribution < -0.4 is 19.5 Å². The molecule has 2 N–H and O–H groups in total. The second-order valence-corrected chi connectivity index (χ2v) is 6.46. The number of hydrogen-bond donors (Lipinski definition) is 2. The van der Waals surface area contributed by atoms with Gasteiger partial charge in [-0.15, -0.1) is 12.4 Å². The van der Waals surface area contributed by atoms with Crippen molar-refractivity contribution in [2.24, 2.45) is 5.92 Å². The van der Waals surface area contributed by atoms with Crippen LogP contribution in [0.3, 0.4) is 0 Å². The minimum atomic E-state index is -3.61. The van der Waals surface area contributed by atoms with Gasteiger partial charge >= 0.3 is 0 Å². The Balaban J connectivity index is 0.00000220. The normalized spacial score (nSPS) is 18.1. The molecule has 8 heteroatoms. The van der Waals surface area contributed by atoms with Gasteiger partial charge in [0, 0.05) is 12.6 Å². The van der Waals surface area contributed by atoms with Crippen LogP contribution in [0.4, 0.5) is 0 Å². The van der Waals surface area contributed by atoms with E-state index in [0.717, 1.165) is 19.5 Å². The number of hydrogen-bond acceptors (Lipinski definition) is 5. The molecule has 0 saturated carbocycles. The Labute approximate surface area is 131 Å². The Kier molecular flexibility index (Phi) is 6.73. The Morgan fingerprint density at radius 2 is 2.10 bits per heavy atom. The van der Waals surface area contributed by atoms with E-state index in [0.29, 0.717) is 24.0 Å². The van der Waals surface area contributed by atoms with Crippen molar-refractivity contribution in [1.29, 1.82) is 0 Å². The van der Waals surface area contributed by atoms with Crippen LogP contribution in [-0.4, -0.2) is 42.3 Å². The highest BCUT2D eigenvalue weighted by Gasteiger charge is 2.23. The maximum atomic E-state index is 12.4. The van der Waals surface area contributed by atoms with Crippen LogP contribution in [0.5, 0.6) is 11.5 Å². The summed E-state index contributed by atoms with van der Waals surface area (Å²) in [5.41, 5.74) is 0. The van der Waals surface area contributed by atoms with Gasteiger partial charge in [-0.3, -0.25) is 0 Å². The van der Waals surface area contributed by atoms with Gasteiger partial charge in [0.15, 0.2) is 0 Å². The Morgan fingerprint density at radius 1 is 1.33 bits per heavy atom. The standard InChI is InChI=1S/C13H20N2O4S.ClH/c1-18-11-3-4-12(19-2)13(7-11)20(16,17)15-9-10-5-6-14-8-10;/h3-4,7,10,14-15H,5-6,8-9H2,1-2H3;1H. The third-order valence-corrected chi connectivity index (χ3v) is 4.83. The van der Waals surface area contributed by atoms with Gasteiger partial charge < -0.3 is 14.8 Å². The summed E-state index contributed by atoms with van der Waals surface area (Å²) in [7, 11) is -0.664. The summed E-state index contributed by atoms with van der Waals surface area (Å²) in [6.07, 6.45) is 0.984. The fourth-order valence-corrected chi connectivity index (χ4v) is 3.49. The second-order valence-electron chi connectivity index (χ2n) is 4.73. The molecule has 1 fully saturated rings. The molecule has 1 aliphatic heterocycles. The predicted molar refractivity (Wildman–Crippen MR) is 83.0 cm³/mol. The van der Waals surface area contributed by atoms with Crippen molar-refractivity contribution in [1.82, 2.24) is 10.0 Å². The third kappa shape index (κ3) is 4.47. The van der Waals surface area contributed by atoms with Gasteiger partial charge in [-0.25, -0.2) is 13.1 Å². The third-order valence-electron chi connectivity index (χ3n) is 3.38. The molecule has 0 spiro atoms. The van der Waals surface area contributed by atoms with Crippen LogP contribution in [0, 0.1) is 5.92 Å². The smallest absolute Gasteiger partial charge is 0.244 e. The lowest BCUT2D eigenvalue weighted by Crippen LogP contribution is -2.30. The molecule has 0 aliphatic carbocycles. The topological polar surface area (TPSA) is 76.7 Å². The number of ether oxygens (including phenoxy) is 2. The van der Waals surface area contributed by atoms with E-state index in [1.54, 1.807) is 12.1 Å². The van der Waals surface area contributed by atoms with E-state index in [1.807, 2.05) is 0 Å². The summed E-state index contributed by atoms with van der Waals surface area (Å²) < 4.78 is 37.6. The molecule has 21 heavy (non-hydrogen) atoms. The lowest BCUT2D eigenvalue weighted by atomic mass is 10.1. The molecule has 120 valence electrons. The number of methoxy groups -OCH3 is 2. The van der Waals surface area contributed by atoms with Gasteiger partial charge in [0.2, 0.25) is 10.0 Å². The first-order chi connectivity index (χ1) is 9.56. The van der Waals surface area contributed by atoms with Gasteiger partial charge in [0.25, 0.3) is 0 Å². The molecule has 1 atom stereocenters. The molecule has 2 rings (SSSR count). The first-order valence-electron chi connectivity index (χ1n) is 6.49. The first-order valence-corrected chi connectivity index (χ1v) is 7.97. The van der Waals surface area contributed by atoms with Gasteiger partial charge in [-0.2, -0.15) is 0 Å². The van der Waals surface area contributed by atoms with Gasteiger partial charge in [-0.05, 0) is 37.6 Å². The Morgan fingerprint density at radius 3 is 2.67 bits per heavy atom. The van der Waals surface area contributed by atoms with Crippen LogP contribution in [-0.2, 0) is 10.0 Å². The summed E-state index contributed by atoms with van der Waals surface area (Å²) in [6, 6.07) is 4.72. The van der Waals surface area contributed by atoms with Crippen molar-refractivity contribution < 1.29 is 17.9 Å². The summed E-state index contributed by atoms with van der Waals surface area (Å²) in [4.78, 5) is 0.102. The predicted octanol–water partition coefficient (Wildman–Crippen LogP) is 1.01. The fourth-order valence-electron chi connectivity index (χ4n) is 2.19. The van der Waals surface area contributed by atoms with Crippen molar-refractivity contribution in [2.75, 3.05) is 33.9 Å². The van der Waals surface area contributed by atoms with Crippen molar-refractivity contribution in [2.45, 2.75) is 11.3 Å². The molecule has 6 nitrogen and oxygen atoms in total. The van der Waals surface area contributed by atoms with E-state index in [9.17, 15) is 8.42 Å². The van der Waals surface area contributed by atoms with Crippen molar-refractivity contribution in [3.05, 3.63) is 18.2 Å². The second kappa shape index (κ2) is 7.84. The molecule has 0 radical (unpaired) electrons. The Bertz CT molecular complexity index is 559. The minimum absolute atomic E-state index is 0. The minimum Gasteiger partial charge on any atom is -0.497 e. The molecule has 1 saturated heterocycles. The molecule has 0 aromatic heterocycles. The monoisotopic (exact) mass is 336 g/mol. The maximum absolute atomic E-state index is 12.4. The van der Waals surface area contributed by atoms with E-state index in [-0.39, 0.29) is 17.3 Å². The van der Waals surface area contributed by atoms with E-state index in [2.05, 4.69) is 10.0 Å². The van der Waals surface area contributed by atoms with E-state index >= 15 is 0 Å². The first kappa shape index (κ1) is 18.0. The zero-order valence-corrected chi connectivity index (χ0v) is 13.7. The summed E-state index contributed by atoms with van der Waals surface area (Å²) >= 11 is 0. The molecule has 1 aromatic carbocycles. The molecule has 0 amide bonds. The van der Waals surface area contributed by atoms with E-state index in [4.69, 9.17) is 9.47 Å². The lowest BCUT2D eigenvalue weighted by molar-refractivity contribution is 0.391. The summed E-state index contributed by atoms with van der Waals surface area (Å²) in [5.74, 6) is 1.12. The number of halogens is 1. The van der Waals surface area contributed by atoms with Gasteiger partial charge in [-0.1, -0.05) is 0 Å². The van der Waals surface area contributed by atoms with Gasteiger partial charge in [0.1, 0.15) is 16.4 Å². The van der Waals surface area contributed by atoms with Crippen molar-refractivity contribution >= 4 is 22.4 Å². The summed E-state index contributed by atoms with van der Waals surface area (Å²) in [6.45, 7) is 2.21. The molecular formula is C13H21ClN2O4S. The van der Waals surface area contributed by atoms with Gasteiger partial charge in [0.05, 0.1) is 14.2 Å². The molecule has 0 bridgehead atoms. The summed E-state index contributed by atoms with van der Waals surface area (Å²) in [5, 5.41) is 3.21. The SMILES string of the molecule is COc1ccc(OC)c(S(=O)(=O)NCC2CCNC2)c1.Cl. The molecule has 1 heterocycles. The largest absolute Gasteiger partial charge is 0.497 e. The average Bonchev–Trinajstić information content (AvgIpc) is 2.98. The maximum Gasteiger partial charge on any atom is 0.244 e.